The molecule has 18 heavy (non-hydrogen) atoms. The fourth-order valence-electron chi connectivity index (χ4n) is 2.79. The molecule has 1 aromatic carbocycles. The van der Waals surface area contributed by atoms with Crippen molar-refractivity contribution in [2.45, 2.75) is 45.7 Å². The summed E-state index contributed by atoms with van der Waals surface area (Å²) in [5.74, 6) is 1.32. The molecule has 0 heterocycles. The highest BCUT2D eigenvalue weighted by molar-refractivity contribution is 9.10. The van der Waals surface area contributed by atoms with Crippen molar-refractivity contribution < 1.29 is 4.39 Å². The summed E-state index contributed by atoms with van der Waals surface area (Å²) in [5.41, 5.74) is 1.00. The maximum Gasteiger partial charge on any atom is 0.123 e. The van der Waals surface area contributed by atoms with Crippen molar-refractivity contribution in [2.75, 3.05) is 0 Å². The average Bonchev–Trinajstić information content (AvgIpc) is 2.35. The summed E-state index contributed by atoms with van der Waals surface area (Å²) in [5, 5.41) is 3.59. The molecule has 3 heteroatoms. The van der Waals surface area contributed by atoms with Gasteiger partial charge in [0.25, 0.3) is 0 Å². The molecule has 1 nitrogen and oxygen atoms in total. The van der Waals surface area contributed by atoms with Crippen LogP contribution in [0.5, 0.6) is 0 Å². The second-order valence-corrected chi connectivity index (χ2v) is 6.34. The first-order valence-corrected chi connectivity index (χ1v) is 7.54. The van der Waals surface area contributed by atoms with Crippen molar-refractivity contribution in [1.82, 2.24) is 5.32 Å². The second kappa shape index (κ2) is 6.16. The maximum atomic E-state index is 13.2. The van der Waals surface area contributed by atoms with Crippen LogP contribution in [0, 0.1) is 17.7 Å². The normalized spacial score (nSPS) is 28.3. The first-order chi connectivity index (χ1) is 8.58. The van der Waals surface area contributed by atoms with E-state index in [4.69, 9.17) is 0 Å². The van der Waals surface area contributed by atoms with Crippen LogP contribution in [0.25, 0.3) is 0 Å². The smallest absolute Gasteiger partial charge is 0.123 e. The molecule has 0 aliphatic heterocycles. The van der Waals surface area contributed by atoms with E-state index in [-0.39, 0.29) is 5.82 Å². The van der Waals surface area contributed by atoms with Crippen LogP contribution in [0.1, 0.15) is 38.7 Å². The van der Waals surface area contributed by atoms with Gasteiger partial charge in [0, 0.05) is 17.1 Å². The zero-order valence-corrected chi connectivity index (χ0v) is 12.6. The zero-order valence-electron chi connectivity index (χ0n) is 11.0. The minimum atomic E-state index is -0.167. The van der Waals surface area contributed by atoms with Gasteiger partial charge in [-0.1, -0.05) is 42.6 Å². The summed E-state index contributed by atoms with van der Waals surface area (Å²) in [4.78, 5) is 0. The summed E-state index contributed by atoms with van der Waals surface area (Å²) in [6.45, 7) is 5.39. The van der Waals surface area contributed by atoms with E-state index in [2.05, 4.69) is 35.1 Å². The van der Waals surface area contributed by atoms with Gasteiger partial charge in [-0.3, -0.25) is 0 Å². The average molecular weight is 314 g/mol. The minimum Gasteiger partial charge on any atom is -0.310 e. The van der Waals surface area contributed by atoms with Crippen molar-refractivity contribution in [3.05, 3.63) is 34.1 Å². The van der Waals surface area contributed by atoms with Gasteiger partial charge in [0.2, 0.25) is 0 Å². The van der Waals surface area contributed by atoms with Crippen molar-refractivity contribution in [3.8, 4) is 0 Å². The monoisotopic (exact) mass is 313 g/mol. The Kier molecular flexibility index (Phi) is 4.79. The molecule has 0 saturated heterocycles. The highest BCUT2D eigenvalue weighted by Gasteiger charge is 2.26. The van der Waals surface area contributed by atoms with Gasteiger partial charge in [-0.2, -0.15) is 0 Å². The molecule has 0 aromatic heterocycles. The fourth-order valence-corrected chi connectivity index (χ4v) is 3.18. The number of rotatable bonds is 3. The van der Waals surface area contributed by atoms with E-state index in [0.717, 1.165) is 22.5 Å². The van der Waals surface area contributed by atoms with E-state index in [1.165, 1.54) is 25.3 Å². The predicted octanol–water partition coefficient (Wildman–Crippen LogP) is 4.50. The van der Waals surface area contributed by atoms with Crippen molar-refractivity contribution in [2.24, 2.45) is 11.8 Å². The molecule has 2 rings (SSSR count). The summed E-state index contributed by atoms with van der Waals surface area (Å²) in [6, 6.07) is 5.43. The van der Waals surface area contributed by atoms with E-state index in [1.807, 2.05) is 0 Å². The van der Waals surface area contributed by atoms with Gasteiger partial charge in [0.1, 0.15) is 5.82 Å². The number of nitrogens with one attached hydrogen (secondary N) is 1. The minimum absolute atomic E-state index is 0.167. The highest BCUT2D eigenvalue weighted by Crippen LogP contribution is 2.30. The lowest BCUT2D eigenvalue weighted by Gasteiger charge is -2.34. The fraction of sp³-hybridized carbons (Fsp3) is 0.600. The van der Waals surface area contributed by atoms with E-state index in [1.54, 1.807) is 12.1 Å². The molecule has 0 amide bonds. The lowest BCUT2D eigenvalue weighted by atomic mass is 9.78. The third-order valence-electron chi connectivity index (χ3n) is 4.27. The zero-order chi connectivity index (χ0) is 13.1. The van der Waals surface area contributed by atoms with Gasteiger partial charge in [0.15, 0.2) is 0 Å². The number of hydrogen-bond donors (Lipinski definition) is 1. The van der Waals surface area contributed by atoms with Gasteiger partial charge in [-0.15, -0.1) is 0 Å². The third kappa shape index (κ3) is 3.33. The molecule has 3 atom stereocenters. The van der Waals surface area contributed by atoms with E-state index >= 15 is 0 Å². The third-order valence-corrected chi connectivity index (χ3v) is 5.04. The Morgan fingerprint density at radius 1 is 1.33 bits per heavy atom. The Labute approximate surface area is 117 Å². The molecular formula is C15H21BrFN. The molecule has 0 bridgehead atoms. The Morgan fingerprint density at radius 3 is 2.89 bits per heavy atom. The van der Waals surface area contributed by atoms with Crippen molar-refractivity contribution in [1.29, 1.82) is 0 Å². The van der Waals surface area contributed by atoms with Gasteiger partial charge in [-0.25, -0.2) is 4.39 Å². The molecule has 100 valence electrons. The van der Waals surface area contributed by atoms with Gasteiger partial charge in [-0.05, 0) is 42.0 Å². The Balaban J connectivity index is 1.96. The van der Waals surface area contributed by atoms with Crippen LogP contribution in [0.4, 0.5) is 4.39 Å². The van der Waals surface area contributed by atoms with Gasteiger partial charge < -0.3 is 5.32 Å². The van der Waals surface area contributed by atoms with Crippen LogP contribution < -0.4 is 5.32 Å². The van der Waals surface area contributed by atoms with E-state index in [0.29, 0.717) is 12.0 Å². The number of benzene rings is 1. The van der Waals surface area contributed by atoms with Crippen LogP contribution in [0.3, 0.4) is 0 Å². The summed E-state index contributed by atoms with van der Waals surface area (Å²) in [6.07, 6.45) is 3.87. The van der Waals surface area contributed by atoms with Gasteiger partial charge >= 0.3 is 0 Å². The van der Waals surface area contributed by atoms with Crippen LogP contribution in [0.15, 0.2) is 22.7 Å². The first kappa shape index (κ1) is 14.0. The van der Waals surface area contributed by atoms with Crippen molar-refractivity contribution >= 4 is 15.9 Å². The Morgan fingerprint density at radius 2 is 2.11 bits per heavy atom. The topological polar surface area (TPSA) is 12.0 Å². The maximum absolute atomic E-state index is 13.2. The molecule has 1 aliphatic rings. The molecule has 0 spiro atoms. The lowest BCUT2D eigenvalue weighted by molar-refractivity contribution is 0.206. The number of halogens is 2. The van der Waals surface area contributed by atoms with E-state index in [9.17, 15) is 4.39 Å². The van der Waals surface area contributed by atoms with Crippen molar-refractivity contribution in [3.63, 3.8) is 0 Å². The lowest BCUT2D eigenvalue weighted by Crippen LogP contribution is -2.40. The Hall–Kier alpha value is -0.410. The number of hydrogen-bond acceptors (Lipinski definition) is 1. The molecule has 0 radical (unpaired) electrons. The molecule has 1 N–H and O–H groups in total. The van der Waals surface area contributed by atoms with E-state index < -0.39 is 0 Å². The molecular weight excluding hydrogens is 293 g/mol. The standard InChI is InChI=1S/C15H21BrFN/c1-10-4-3-5-15(11(10)2)18-9-12-8-13(17)6-7-14(12)16/h6-8,10-11,15,18H,3-5,9H2,1-2H3. The Bertz CT molecular complexity index is 407. The van der Waals surface area contributed by atoms with Crippen LogP contribution >= 0.6 is 15.9 Å². The summed E-state index contributed by atoms with van der Waals surface area (Å²) in [7, 11) is 0. The largest absolute Gasteiger partial charge is 0.310 e. The SMILES string of the molecule is CC1CCCC(NCc2cc(F)ccc2Br)C1C. The van der Waals surface area contributed by atoms with Crippen LogP contribution in [-0.4, -0.2) is 6.04 Å². The highest BCUT2D eigenvalue weighted by atomic mass is 79.9. The molecule has 1 aromatic rings. The summed E-state index contributed by atoms with van der Waals surface area (Å²) >= 11 is 3.48. The molecule has 3 unspecified atom stereocenters. The summed E-state index contributed by atoms with van der Waals surface area (Å²) < 4.78 is 14.2. The van der Waals surface area contributed by atoms with Crippen LogP contribution in [-0.2, 0) is 6.54 Å². The molecule has 1 aliphatic carbocycles. The second-order valence-electron chi connectivity index (χ2n) is 5.49. The molecule has 1 fully saturated rings. The quantitative estimate of drug-likeness (QED) is 0.866. The predicted molar refractivity (Wildman–Crippen MR) is 76.9 cm³/mol. The van der Waals surface area contributed by atoms with Gasteiger partial charge in [0.05, 0.1) is 0 Å². The van der Waals surface area contributed by atoms with Crippen LogP contribution in [0.2, 0.25) is 0 Å². The molecule has 1 saturated carbocycles. The first-order valence-electron chi connectivity index (χ1n) is 6.75.